The molecule has 17 heavy (non-hydrogen) atoms. The van der Waals surface area contributed by atoms with Gasteiger partial charge in [-0.3, -0.25) is 4.79 Å². The number of ketones is 1. The number of carbonyl (C=O) groups is 2. The van der Waals surface area contributed by atoms with Gasteiger partial charge in [0.1, 0.15) is 0 Å². The molecule has 2 rings (SSSR count). The van der Waals surface area contributed by atoms with Gasteiger partial charge in [0.05, 0.1) is 17.1 Å². The molecule has 4 nitrogen and oxygen atoms in total. The number of nitrogens with zero attached hydrogens (tertiary/aromatic N) is 1. The van der Waals surface area contributed by atoms with E-state index in [4.69, 9.17) is 4.74 Å². The summed E-state index contributed by atoms with van der Waals surface area (Å²) in [7, 11) is 0. The predicted octanol–water partition coefficient (Wildman–Crippen LogP) is 2.45. The van der Waals surface area contributed by atoms with Crippen LogP contribution in [0.1, 0.15) is 23.8 Å². The largest absolute Gasteiger partial charge is 0.464 e. The van der Waals surface area contributed by atoms with E-state index in [2.05, 4.69) is 31.9 Å². The van der Waals surface area contributed by atoms with E-state index in [1.165, 1.54) is 0 Å². The van der Waals surface area contributed by atoms with Crippen molar-refractivity contribution in [1.82, 2.24) is 4.57 Å². The number of hydrogen-bond acceptors (Lipinski definition) is 3. The Morgan fingerprint density at radius 3 is 3.06 bits per heavy atom. The third-order valence-electron chi connectivity index (χ3n) is 2.71. The summed E-state index contributed by atoms with van der Waals surface area (Å²) in [5.74, 6) is -0.399. The molecule has 0 aromatic carbocycles. The summed E-state index contributed by atoms with van der Waals surface area (Å²) in [6.45, 7) is 2.06. The van der Waals surface area contributed by atoms with Crippen LogP contribution >= 0.6 is 31.9 Å². The lowest BCUT2D eigenvalue weighted by Crippen LogP contribution is -2.46. The smallest absolute Gasteiger partial charge is 0.343 e. The maximum atomic E-state index is 12.0. The zero-order valence-corrected chi connectivity index (χ0v) is 12.3. The standard InChI is InChI=1S/C11H11Br2NO3/c1-2-17-10(16)11(13)6-7(12)9(15)8-4-3-5-14(8)11/h3-5,7H,2,6H2,1H3. The topological polar surface area (TPSA) is 48.3 Å². The first-order chi connectivity index (χ1) is 8.00. The maximum Gasteiger partial charge on any atom is 0.343 e. The van der Waals surface area contributed by atoms with Crippen LogP contribution in [-0.4, -0.2) is 27.8 Å². The van der Waals surface area contributed by atoms with Crippen LogP contribution in [0.25, 0.3) is 0 Å². The van der Waals surface area contributed by atoms with Gasteiger partial charge in [-0.25, -0.2) is 4.79 Å². The number of esters is 1. The summed E-state index contributed by atoms with van der Waals surface area (Å²) in [4.78, 5) is 23.5. The number of carbonyl (C=O) groups excluding carboxylic acids is 2. The molecule has 0 bridgehead atoms. The molecule has 6 heteroatoms. The van der Waals surface area contributed by atoms with Crippen molar-refractivity contribution in [3.63, 3.8) is 0 Å². The van der Waals surface area contributed by atoms with Crippen LogP contribution in [0.2, 0.25) is 0 Å². The minimum atomic E-state index is -0.996. The zero-order valence-electron chi connectivity index (χ0n) is 9.15. The van der Waals surface area contributed by atoms with E-state index in [9.17, 15) is 9.59 Å². The summed E-state index contributed by atoms with van der Waals surface area (Å²) >= 11 is 6.72. The molecule has 0 amide bonds. The number of rotatable bonds is 2. The van der Waals surface area contributed by atoms with Gasteiger partial charge in [-0.15, -0.1) is 0 Å². The number of fused-ring (bicyclic) bond motifs is 1. The molecule has 92 valence electrons. The number of halogens is 2. The second kappa shape index (κ2) is 4.57. The summed E-state index contributed by atoms with van der Waals surface area (Å²) in [6, 6.07) is 3.44. The van der Waals surface area contributed by atoms with Crippen LogP contribution in [0.4, 0.5) is 0 Å². The molecule has 2 atom stereocenters. The molecule has 0 N–H and O–H groups in total. The zero-order chi connectivity index (χ0) is 12.6. The molecule has 1 aliphatic rings. The minimum absolute atomic E-state index is 0.0191. The lowest BCUT2D eigenvalue weighted by molar-refractivity contribution is -0.149. The monoisotopic (exact) mass is 363 g/mol. The van der Waals surface area contributed by atoms with Gasteiger partial charge in [0.2, 0.25) is 0 Å². The molecule has 1 aliphatic heterocycles. The predicted molar refractivity (Wildman–Crippen MR) is 69.6 cm³/mol. The third kappa shape index (κ3) is 1.97. The van der Waals surface area contributed by atoms with Crippen molar-refractivity contribution in [2.75, 3.05) is 6.61 Å². The Morgan fingerprint density at radius 2 is 2.41 bits per heavy atom. The first-order valence-corrected chi connectivity index (χ1v) is 6.94. The van der Waals surface area contributed by atoms with Gasteiger partial charge in [0.25, 0.3) is 0 Å². The molecule has 0 spiro atoms. The van der Waals surface area contributed by atoms with Crippen molar-refractivity contribution >= 4 is 43.6 Å². The fourth-order valence-electron chi connectivity index (χ4n) is 1.90. The Bertz CT molecular complexity index is 471. The van der Waals surface area contributed by atoms with Crippen molar-refractivity contribution in [3.8, 4) is 0 Å². The molecule has 0 radical (unpaired) electrons. The Morgan fingerprint density at radius 1 is 1.71 bits per heavy atom. The maximum absolute atomic E-state index is 12.0. The molecule has 0 saturated heterocycles. The van der Waals surface area contributed by atoms with Crippen molar-refractivity contribution in [2.45, 2.75) is 22.6 Å². The van der Waals surface area contributed by atoms with Crippen molar-refractivity contribution in [3.05, 3.63) is 24.0 Å². The second-order valence-electron chi connectivity index (χ2n) is 3.78. The van der Waals surface area contributed by atoms with Crippen molar-refractivity contribution in [2.24, 2.45) is 0 Å². The second-order valence-corrected chi connectivity index (χ2v) is 6.20. The lowest BCUT2D eigenvalue weighted by atomic mass is 10.0. The summed E-state index contributed by atoms with van der Waals surface area (Å²) < 4.78 is 5.69. The van der Waals surface area contributed by atoms with E-state index in [0.717, 1.165) is 0 Å². The third-order valence-corrected chi connectivity index (χ3v) is 4.47. The molecule has 1 aromatic heterocycles. The van der Waals surface area contributed by atoms with E-state index in [1.807, 2.05) is 0 Å². The van der Waals surface area contributed by atoms with E-state index < -0.39 is 4.45 Å². The van der Waals surface area contributed by atoms with Gasteiger partial charge in [0.15, 0.2) is 10.2 Å². The Hall–Kier alpha value is -0.620. The minimum Gasteiger partial charge on any atom is -0.464 e. The highest BCUT2D eigenvalue weighted by molar-refractivity contribution is 9.10. The quantitative estimate of drug-likeness (QED) is 0.598. The van der Waals surface area contributed by atoms with Gasteiger partial charge >= 0.3 is 5.97 Å². The average molecular weight is 365 g/mol. The van der Waals surface area contributed by atoms with Crippen molar-refractivity contribution < 1.29 is 14.3 Å². The van der Waals surface area contributed by atoms with Crippen LogP contribution in [0.3, 0.4) is 0 Å². The fraction of sp³-hybridized carbons (Fsp3) is 0.455. The van der Waals surface area contributed by atoms with Crippen LogP contribution in [0, 0.1) is 0 Å². The van der Waals surface area contributed by atoms with Crippen LogP contribution < -0.4 is 0 Å². The average Bonchev–Trinajstić information content (AvgIpc) is 2.76. The van der Waals surface area contributed by atoms with E-state index in [-0.39, 0.29) is 16.6 Å². The first kappa shape index (κ1) is 12.8. The molecule has 1 aromatic rings. The van der Waals surface area contributed by atoms with E-state index >= 15 is 0 Å². The Balaban J connectivity index is 2.47. The van der Waals surface area contributed by atoms with Gasteiger partial charge in [0, 0.05) is 12.6 Å². The van der Waals surface area contributed by atoms with Crippen LogP contribution in [0.5, 0.6) is 0 Å². The van der Waals surface area contributed by atoms with Crippen molar-refractivity contribution in [1.29, 1.82) is 0 Å². The highest BCUT2D eigenvalue weighted by Crippen LogP contribution is 2.40. The normalized spacial score (nSPS) is 27.7. The molecular weight excluding hydrogens is 354 g/mol. The first-order valence-electron chi connectivity index (χ1n) is 5.23. The number of Topliss-reactive ketones (excluding diaryl/α,β-unsaturated/α-hetero) is 1. The fourth-order valence-corrected chi connectivity index (χ4v) is 3.79. The Kier molecular flexibility index (Phi) is 3.45. The molecule has 2 unspecified atom stereocenters. The van der Waals surface area contributed by atoms with Gasteiger partial charge in [-0.2, -0.15) is 0 Å². The summed E-state index contributed by atoms with van der Waals surface area (Å²) in [5, 5.41) is 0. The van der Waals surface area contributed by atoms with Crippen LogP contribution in [0.15, 0.2) is 18.3 Å². The Labute approximate surface area is 116 Å². The number of ether oxygens (including phenoxy) is 1. The SMILES string of the molecule is CCOC(=O)C1(Br)CC(Br)C(=O)c2cccn21. The molecule has 0 fully saturated rings. The summed E-state index contributed by atoms with van der Waals surface area (Å²) in [5.41, 5.74) is 0.503. The van der Waals surface area contributed by atoms with E-state index in [0.29, 0.717) is 18.7 Å². The number of alkyl halides is 2. The number of hydrogen-bond donors (Lipinski definition) is 0. The molecule has 0 aliphatic carbocycles. The number of aromatic nitrogens is 1. The molecular formula is C11H11Br2NO3. The van der Waals surface area contributed by atoms with E-state index in [1.54, 1.807) is 29.8 Å². The van der Waals surface area contributed by atoms with Gasteiger partial charge in [-0.05, 0) is 35.0 Å². The van der Waals surface area contributed by atoms with Gasteiger partial charge < -0.3 is 9.30 Å². The van der Waals surface area contributed by atoms with Crippen LogP contribution in [-0.2, 0) is 14.0 Å². The highest BCUT2D eigenvalue weighted by Gasteiger charge is 2.47. The lowest BCUT2D eigenvalue weighted by Gasteiger charge is -2.34. The van der Waals surface area contributed by atoms with Gasteiger partial charge in [-0.1, -0.05) is 15.9 Å². The molecule has 0 saturated carbocycles. The highest BCUT2D eigenvalue weighted by atomic mass is 79.9. The summed E-state index contributed by atoms with van der Waals surface area (Å²) in [6.07, 6.45) is 2.03. The molecule has 2 heterocycles.